The Morgan fingerprint density at radius 1 is 1.24 bits per heavy atom. The minimum absolute atomic E-state index is 0.0856. The van der Waals surface area contributed by atoms with Crippen LogP contribution in [-0.2, 0) is 6.42 Å². The summed E-state index contributed by atoms with van der Waals surface area (Å²) in [5.74, 6) is -0.0856. The fourth-order valence-corrected chi connectivity index (χ4v) is 2.12. The molecule has 0 saturated heterocycles. The quantitative estimate of drug-likeness (QED) is 0.917. The normalized spacial score (nSPS) is 10.2. The van der Waals surface area contributed by atoms with Crippen LogP contribution in [0.3, 0.4) is 0 Å². The second kappa shape index (κ2) is 6.88. The molecule has 0 aliphatic rings. The van der Waals surface area contributed by atoms with Crippen molar-refractivity contribution in [1.82, 2.24) is 9.88 Å². The summed E-state index contributed by atoms with van der Waals surface area (Å²) in [6, 6.07) is 12.0. The van der Waals surface area contributed by atoms with Crippen LogP contribution in [0.4, 0.5) is 5.69 Å². The third-order valence-corrected chi connectivity index (χ3v) is 3.37. The molecular weight excluding hydrogens is 262 g/mol. The van der Waals surface area contributed by atoms with Crippen molar-refractivity contribution < 1.29 is 4.79 Å². The van der Waals surface area contributed by atoms with Gasteiger partial charge in [-0.3, -0.25) is 9.78 Å². The Morgan fingerprint density at radius 2 is 2.00 bits per heavy atom. The topological polar surface area (TPSA) is 45.2 Å². The first-order valence-corrected chi connectivity index (χ1v) is 7.04. The molecule has 2 rings (SSSR count). The fraction of sp³-hybridized carbons (Fsp3) is 0.294. The average molecular weight is 283 g/mol. The minimum Gasteiger partial charge on any atom is -0.385 e. The van der Waals surface area contributed by atoms with Crippen molar-refractivity contribution in [3.05, 3.63) is 59.4 Å². The zero-order chi connectivity index (χ0) is 15.2. The van der Waals surface area contributed by atoms with E-state index in [0.29, 0.717) is 5.69 Å². The molecule has 4 heteroatoms. The molecule has 1 N–H and O–H groups in total. The predicted molar refractivity (Wildman–Crippen MR) is 85.6 cm³/mol. The molecule has 0 saturated carbocycles. The van der Waals surface area contributed by atoms with Gasteiger partial charge in [0.05, 0.1) is 0 Å². The van der Waals surface area contributed by atoms with E-state index in [0.717, 1.165) is 18.7 Å². The Labute approximate surface area is 125 Å². The van der Waals surface area contributed by atoms with E-state index in [2.05, 4.69) is 35.4 Å². The summed E-state index contributed by atoms with van der Waals surface area (Å²) in [6.07, 6.45) is 2.61. The molecule has 0 radical (unpaired) electrons. The molecule has 21 heavy (non-hydrogen) atoms. The fourth-order valence-electron chi connectivity index (χ4n) is 2.12. The van der Waals surface area contributed by atoms with Crippen molar-refractivity contribution in [2.45, 2.75) is 13.3 Å². The standard InChI is InChI=1S/C17H21N3O/c1-13-6-4-5-7-14(13)8-10-18-15-9-11-19-16(12-15)17(21)20(2)3/h4-7,9,11-12H,8,10H2,1-3H3,(H,18,19). The van der Waals surface area contributed by atoms with Gasteiger partial charge < -0.3 is 10.2 Å². The second-order valence-corrected chi connectivity index (χ2v) is 5.23. The number of pyridine rings is 1. The molecule has 0 fully saturated rings. The number of carbonyl (C=O) groups is 1. The van der Waals surface area contributed by atoms with E-state index in [1.807, 2.05) is 12.1 Å². The summed E-state index contributed by atoms with van der Waals surface area (Å²) in [6.45, 7) is 2.94. The Hall–Kier alpha value is -2.36. The van der Waals surface area contributed by atoms with Gasteiger partial charge in [0.25, 0.3) is 5.91 Å². The van der Waals surface area contributed by atoms with E-state index in [4.69, 9.17) is 0 Å². The molecule has 0 aliphatic carbocycles. The van der Waals surface area contributed by atoms with E-state index >= 15 is 0 Å². The lowest BCUT2D eigenvalue weighted by atomic mass is 10.1. The van der Waals surface area contributed by atoms with Crippen LogP contribution in [0.25, 0.3) is 0 Å². The number of nitrogens with one attached hydrogen (secondary N) is 1. The molecular formula is C17H21N3O. The molecule has 1 heterocycles. The number of carbonyl (C=O) groups excluding carboxylic acids is 1. The van der Waals surface area contributed by atoms with Crippen molar-refractivity contribution in [2.24, 2.45) is 0 Å². The van der Waals surface area contributed by atoms with Gasteiger partial charge in [0, 0.05) is 32.5 Å². The molecule has 0 bridgehead atoms. The first-order chi connectivity index (χ1) is 10.1. The number of aryl methyl sites for hydroxylation is 1. The van der Waals surface area contributed by atoms with Crippen LogP contribution in [-0.4, -0.2) is 36.4 Å². The number of hydrogen-bond donors (Lipinski definition) is 1. The molecule has 0 spiro atoms. The third-order valence-electron chi connectivity index (χ3n) is 3.37. The lowest BCUT2D eigenvalue weighted by molar-refractivity contribution is 0.0822. The van der Waals surface area contributed by atoms with Crippen molar-refractivity contribution in [1.29, 1.82) is 0 Å². The third kappa shape index (κ3) is 4.05. The summed E-state index contributed by atoms with van der Waals surface area (Å²) in [4.78, 5) is 17.5. The molecule has 1 aromatic heterocycles. The summed E-state index contributed by atoms with van der Waals surface area (Å²) >= 11 is 0. The number of nitrogens with zero attached hydrogens (tertiary/aromatic N) is 2. The molecule has 0 unspecified atom stereocenters. The van der Waals surface area contributed by atoms with E-state index in [-0.39, 0.29) is 5.91 Å². The monoisotopic (exact) mass is 283 g/mol. The predicted octanol–water partition coefficient (Wildman–Crippen LogP) is 2.75. The molecule has 1 aromatic carbocycles. The molecule has 1 amide bonds. The van der Waals surface area contributed by atoms with Gasteiger partial charge in [-0.1, -0.05) is 24.3 Å². The first-order valence-electron chi connectivity index (χ1n) is 7.04. The molecule has 0 aliphatic heterocycles. The second-order valence-electron chi connectivity index (χ2n) is 5.23. The number of rotatable bonds is 5. The van der Waals surface area contributed by atoms with Crippen LogP contribution < -0.4 is 5.32 Å². The van der Waals surface area contributed by atoms with Crippen molar-refractivity contribution in [3.8, 4) is 0 Å². The van der Waals surface area contributed by atoms with Gasteiger partial charge in [-0.15, -0.1) is 0 Å². The average Bonchev–Trinajstić information content (AvgIpc) is 2.48. The van der Waals surface area contributed by atoms with Gasteiger partial charge in [0.1, 0.15) is 5.69 Å². The van der Waals surface area contributed by atoms with Crippen molar-refractivity contribution in [2.75, 3.05) is 26.0 Å². The number of anilines is 1. The highest BCUT2D eigenvalue weighted by Gasteiger charge is 2.09. The zero-order valence-electron chi connectivity index (χ0n) is 12.8. The van der Waals surface area contributed by atoms with Crippen LogP contribution in [0.15, 0.2) is 42.6 Å². The van der Waals surface area contributed by atoms with Gasteiger partial charge in [0.15, 0.2) is 0 Å². The van der Waals surface area contributed by atoms with Crippen molar-refractivity contribution in [3.63, 3.8) is 0 Å². The van der Waals surface area contributed by atoms with E-state index in [1.165, 1.54) is 16.0 Å². The maximum absolute atomic E-state index is 11.9. The first kappa shape index (κ1) is 15.0. The maximum atomic E-state index is 11.9. The Balaban J connectivity index is 1.96. The SMILES string of the molecule is Cc1ccccc1CCNc1ccnc(C(=O)N(C)C)c1. The van der Waals surface area contributed by atoms with Crippen molar-refractivity contribution >= 4 is 11.6 Å². The Bertz CT molecular complexity index is 623. The Kier molecular flexibility index (Phi) is 4.93. The number of hydrogen-bond acceptors (Lipinski definition) is 3. The van der Waals surface area contributed by atoms with E-state index < -0.39 is 0 Å². The maximum Gasteiger partial charge on any atom is 0.272 e. The summed E-state index contributed by atoms with van der Waals surface area (Å²) in [5.41, 5.74) is 4.02. The summed E-state index contributed by atoms with van der Waals surface area (Å²) in [5, 5.41) is 3.34. The number of benzene rings is 1. The lowest BCUT2D eigenvalue weighted by Gasteiger charge is -2.12. The number of aromatic nitrogens is 1. The van der Waals surface area contributed by atoms with Gasteiger partial charge in [0.2, 0.25) is 0 Å². The Morgan fingerprint density at radius 3 is 2.71 bits per heavy atom. The highest BCUT2D eigenvalue weighted by molar-refractivity contribution is 5.92. The number of amides is 1. The largest absolute Gasteiger partial charge is 0.385 e. The highest BCUT2D eigenvalue weighted by atomic mass is 16.2. The molecule has 110 valence electrons. The lowest BCUT2D eigenvalue weighted by Crippen LogP contribution is -2.22. The zero-order valence-corrected chi connectivity index (χ0v) is 12.8. The smallest absolute Gasteiger partial charge is 0.272 e. The van der Waals surface area contributed by atoms with Crippen LogP contribution in [0.1, 0.15) is 21.6 Å². The van der Waals surface area contributed by atoms with Gasteiger partial charge in [-0.05, 0) is 36.6 Å². The van der Waals surface area contributed by atoms with E-state index in [9.17, 15) is 4.79 Å². The van der Waals surface area contributed by atoms with Gasteiger partial charge in [-0.25, -0.2) is 0 Å². The van der Waals surface area contributed by atoms with Crippen LogP contribution in [0.2, 0.25) is 0 Å². The van der Waals surface area contributed by atoms with Crippen LogP contribution >= 0.6 is 0 Å². The molecule has 2 aromatic rings. The van der Waals surface area contributed by atoms with Crippen LogP contribution in [0.5, 0.6) is 0 Å². The molecule has 0 atom stereocenters. The van der Waals surface area contributed by atoms with Crippen LogP contribution in [0, 0.1) is 6.92 Å². The van der Waals surface area contributed by atoms with E-state index in [1.54, 1.807) is 26.4 Å². The molecule has 4 nitrogen and oxygen atoms in total. The highest BCUT2D eigenvalue weighted by Crippen LogP contribution is 2.11. The minimum atomic E-state index is -0.0856. The summed E-state index contributed by atoms with van der Waals surface area (Å²) in [7, 11) is 3.45. The summed E-state index contributed by atoms with van der Waals surface area (Å²) < 4.78 is 0. The van der Waals surface area contributed by atoms with Gasteiger partial charge >= 0.3 is 0 Å². The van der Waals surface area contributed by atoms with Gasteiger partial charge in [-0.2, -0.15) is 0 Å².